The number of rotatable bonds is 3. The summed E-state index contributed by atoms with van der Waals surface area (Å²) in [4.78, 5) is 8.84. The standard InChI is InChI=1S/C14H14N8/c1-9-2-3-21-7-10(18-12(21)4-9)6-16-11-5-13-20-17-8-22(13)14(15)19-11/h2-5,7-8,16H,6H2,1H3,(H2,15,19). The normalized spacial score (nSPS) is 11.3. The first-order valence-electron chi connectivity index (χ1n) is 6.83. The summed E-state index contributed by atoms with van der Waals surface area (Å²) in [6.07, 6.45) is 5.52. The minimum atomic E-state index is 0.343. The molecule has 0 aliphatic carbocycles. The zero-order valence-electron chi connectivity index (χ0n) is 11.9. The van der Waals surface area contributed by atoms with E-state index < -0.39 is 0 Å². The minimum absolute atomic E-state index is 0.343. The van der Waals surface area contributed by atoms with Crippen molar-refractivity contribution in [2.24, 2.45) is 0 Å². The fourth-order valence-corrected chi connectivity index (χ4v) is 2.34. The molecule has 0 fully saturated rings. The number of hydrogen-bond acceptors (Lipinski definition) is 6. The van der Waals surface area contributed by atoms with E-state index in [-0.39, 0.29) is 0 Å². The van der Waals surface area contributed by atoms with Gasteiger partial charge in [-0.1, -0.05) is 0 Å². The molecule has 4 aromatic rings. The summed E-state index contributed by atoms with van der Waals surface area (Å²) >= 11 is 0. The second kappa shape index (κ2) is 4.69. The van der Waals surface area contributed by atoms with Gasteiger partial charge in [0.2, 0.25) is 5.95 Å². The summed E-state index contributed by atoms with van der Waals surface area (Å²) in [5.41, 5.74) is 9.55. The number of hydrogen-bond donors (Lipinski definition) is 2. The van der Waals surface area contributed by atoms with E-state index in [1.807, 2.05) is 35.9 Å². The molecule has 0 saturated heterocycles. The van der Waals surface area contributed by atoms with Gasteiger partial charge in [0.05, 0.1) is 12.2 Å². The molecule has 8 nitrogen and oxygen atoms in total. The lowest BCUT2D eigenvalue weighted by Crippen LogP contribution is -2.06. The largest absolute Gasteiger partial charge is 0.369 e. The number of nitrogens with one attached hydrogen (secondary N) is 1. The van der Waals surface area contributed by atoms with Crippen molar-refractivity contribution in [3.8, 4) is 0 Å². The van der Waals surface area contributed by atoms with Crippen molar-refractivity contribution in [2.45, 2.75) is 13.5 Å². The van der Waals surface area contributed by atoms with E-state index in [1.54, 1.807) is 10.5 Å². The molecule has 0 aliphatic rings. The van der Waals surface area contributed by atoms with Crippen molar-refractivity contribution in [3.63, 3.8) is 0 Å². The Kier molecular flexibility index (Phi) is 2.68. The molecular weight excluding hydrogens is 280 g/mol. The number of nitrogens with two attached hydrogens (primary N) is 1. The van der Waals surface area contributed by atoms with Gasteiger partial charge < -0.3 is 15.5 Å². The number of nitrogens with zero attached hydrogens (tertiary/aromatic N) is 6. The average molecular weight is 294 g/mol. The van der Waals surface area contributed by atoms with Crippen LogP contribution in [0.4, 0.5) is 11.8 Å². The summed E-state index contributed by atoms with van der Waals surface area (Å²) in [7, 11) is 0. The zero-order valence-corrected chi connectivity index (χ0v) is 11.9. The van der Waals surface area contributed by atoms with Crippen molar-refractivity contribution < 1.29 is 0 Å². The highest BCUT2D eigenvalue weighted by Crippen LogP contribution is 2.13. The Morgan fingerprint density at radius 2 is 2.14 bits per heavy atom. The van der Waals surface area contributed by atoms with E-state index in [0.717, 1.165) is 11.3 Å². The van der Waals surface area contributed by atoms with Gasteiger partial charge in [-0.25, -0.2) is 4.98 Å². The first-order valence-corrected chi connectivity index (χ1v) is 6.83. The number of anilines is 2. The number of nitrogen functional groups attached to an aromatic ring is 1. The van der Waals surface area contributed by atoms with Gasteiger partial charge in [0.1, 0.15) is 17.8 Å². The second-order valence-electron chi connectivity index (χ2n) is 5.11. The monoisotopic (exact) mass is 294 g/mol. The predicted molar refractivity (Wildman–Crippen MR) is 82.5 cm³/mol. The molecule has 0 saturated carbocycles. The van der Waals surface area contributed by atoms with Gasteiger partial charge in [0.25, 0.3) is 0 Å². The summed E-state index contributed by atoms with van der Waals surface area (Å²) in [5.74, 6) is 0.988. The van der Waals surface area contributed by atoms with Crippen LogP contribution in [0.3, 0.4) is 0 Å². The van der Waals surface area contributed by atoms with Crippen LogP contribution in [0.5, 0.6) is 0 Å². The molecule has 0 radical (unpaired) electrons. The van der Waals surface area contributed by atoms with E-state index in [4.69, 9.17) is 5.73 Å². The predicted octanol–water partition coefficient (Wildman–Crippen LogP) is 1.27. The highest BCUT2D eigenvalue weighted by molar-refractivity contribution is 5.54. The fraction of sp³-hybridized carbons (Fsp3) is 0.143. The van der Waals surface area contributed by atoms with Crippen LogP contribution < -0.4 is 11.1 Å². The number of fused-ring (bicyclic) bond motifs is 2. The zero-order chi connectivity index (χ0) is 15.1. The molecule has 0 aliphatic heterocycles. The minimum Gasteiger partial charge on any atom is -0.369 e. The Labute approximate surface area is 125 Å². The lowest BCUT2D eigenvalue weighted by molar-refractivity contribution is 1.03. The molecule has 4 heterocycles. The summed E-state index contributed by atoms with van der Waals surface area (Å²) in [6, 6.07) is 5.89. The van der Waals surface area contributed by atoms with Crippen LogP contribution in [-0.2, 0) is 6.54 Å². The fourth-order valence-electron chi connectivity index (χ4n) is 2.34. The molecule has 0 spiro atoms. The number of aryl methyl sites for hydroxylation is 1. The van der Waals surface area contributed by atoms with Crippen LogP contribution in [0, 0.1) is 6.92 Å². The van der Waals surface area contributed by atoms with Gasteiger partial charge in [-0.05, 0) is 24.6 Å². The SMILES string of the molecule is Cc1ccn2cc(CNc3cc4nncn4c(N)n3)nc2c1. The smallest absolute Gasteiger partial charge is 0.209 e. The molecule has 4 aromatic heterocycles. The molecule has 22 heavy (non-hydrogen) atoms. The molecule has 0 atom stereocenters. The Morgan fingerprint density at radius 3 is 3.05 bits per heavy atom. The van der Waals surface area contributed by atoms with Gasteiger partial charge >= 0.3 is 0 Å². The Hall–Kier alpha value is -3.16. The molecule has 110 valence electrons. The van der Waals surface area contributed by atoms with Crippen LogP contribution in [0.15, 0.2) is 36.9 Å². The van der Waals surface area contributed by atoms with Gasteiger partial charge in [-0.2, -0.15) is 4.98 Å². The van der Waals surface area contributed by atoms with Gasteiger partial charge in [0, 0.05) is 18.5 Å². The number of pyridine rings is 1. The van der Waals surface area contributed by atoms with Crippen LogP contribution >= 0.6 is 0 Å². The second-order valence-corrected chi connectivity index (χ2v) is 5.11. The summed E-state index contributed by atoms with van der Waals surface area (Å²) in [6.45, 7) is 2.60. The van der Waals surface area contributed by atoms with Crippen LogP contribution in [0.25, 0.3) is 11.3 Å². The van der Waals surface area contributed by atoms with E-state index >= 15 is 0 Å². The quantitative estimate of drug-likeness (QED) is 0.590. The van der Waals surface area contributed by atoms with E-state index in [0.29, 0.717) is 24.0 Å². The maximum Gasteiger partial charge on any atom is 0.209 e. The Bertz CT molecular complexity index is 967. The van der Waals surface area contributed by atoms with E-state index in [1.165, 1.54) is 11.9 Å². The first-order chi connectivity index (χ1) is 10.7. The third-order valence-electron chi connectivity index (χ3n) is 3.44. The highest BCUT2D eigenvalue weighted by atomic mass is 15.3. The summed E-state index contributed by atoms with van der Waals surface area (Å²) in [5, 5.41) is 11.0. The molecule has 4 rings (SSSR count). The van der Waals surface area contributed by atoms with Crippen molar-refractivity contribution in [3.05, 3.63) is 48.2 Å². The summed E-state index contributed by atoms with van der Waals surface area (Å²) < 4.78 is 3.62. The lowest BCUT2D eigenvalue weighted by atomic mass is 10.3. The maximum atomic E-state index is 5.86. The van der Waals surface area contributed by atoms with Crippen molar-refractivity contribution in [2.75, 3.05) is 11.1 Å². The average Bonchev–Trinajstić information content (AvgIpc) is 3.10. The molecule has 0 aromatic carbocycles. The third kappa shape index (κ3) is 2.10. The molecule has 0 unspecified atom stereocenters. The molecular formula is C14H14N8. The van der Waals surface area contributed by atoms with E-state index in [2.05, 4.69) is 25.5 Å². The maximum absolute atomic E-state index is 5.86. The van der Waals surface area contributed by atoms with Crippen LogP contribution in [0.2, 0.25) is 0 Å². The Balaban J connectivity index is 1.59. The van der Waals surface area contributed by atoms with Gasteiger partial charge in [0.15, 0.2) is 5.65 Å². The van der Waals surface area contributed by atoms with Crippen LogP contribution in [-0.4, -0.2) is 29.0 Å². The van der Waals surface area contributed by atoms with Crippen molar-refractivity contribution in [1.82, 2.24) is 29.0 Å². The molecule has 3 N–H and O–H groups in total. The Morgan fingerprint density at radius 1 is 1.23 bits per heavy atom. The van der Waals surface area contributed by atoms with Gasteiger partial charge in [-0.15, -0.1) is 10.2 Å². The molecule has 0 bridgehead atoms. The number of aromatic nitrogens is 6. The highest BCUT2D eigenvalue weighted by Gasteiger charge is 2.06. The van der Waals surface area contributed by atoms with E-state index in [9.17, 15) is 0 Å². The first kappa shape index (κ1) is 12.6. The van der Waals surface area contributed by atoms with Gasteiger partial charge in [-0.3, -0.25) is 4.40 Å². The lowest BCUT2D eigenvalue weighted by Gasteiger charge is -2.05. The number of imidazole rings is 1. The van der Waals surface area contributed by atoms with Crippen molar-refractivity contribution >= 4 is 23.1 Å². The third-order valence-corrected chi connectivity index (χ3v) is 3.44. The molecule has 0 amide bonds. The molecule has 8 heteroatoms. The van der Waals surface area contributed by atoms with Crippen molar-refractivity contribution in [1.29, 1.82) is 0 Å². The topological polar surface area (TPSA) is 98.4 Å². The van der Waals surface area contributed by atoms with Crippen LogP contribution in [0.1, 0.15) is 11.3 Å².